The Hall–Kier alpha value is -1.73. The Kier molecular flexibility index (Phi) is 6.65. The number of aromatic nitrogens is 3. The summed E-state index contributed by atoms with van der Waals surface area (Å²) in [7, 11) is 0. The Labute approximate surface area is 168 Å². The lowest BCUT2D eigenvalue weighted by atomic mass is 9.95. The van der Waals surface area contributed by atoms with E-state index in [1.165, 1.54) is 31.0 Å². The summed E-state index contributed by atoms with van der Waals surface area (Å²) in [6, 6.07) is 5.88. The van der Waals surface area contributed by atoms with Crippen LogP contribution in [0.5, 0.6) is 5.75 Å². The van der Waals surface area contributed by atoms with Gasteiger partial charge >= 0.3 is 0 Å². The van der Waals surface area contributed by atoms with E-state index in [1.807, 2.05) is 25.1 Å². The fraction of sp³-hybridized carbons (Fsp3) is 0.526. The highest BCUT2D eigenvalue weighted by Gasteiger charge is 2.25. The number of primary amides is 1. The lowest BCUT2D eigenvalue weighted by Crippen LogP contribution is -2.24. The van der Waals surface area contributed by atoms with Crippen molar-refractivity contribution in [2.75, 3.05) is 0 Å². The van der Waals surface area contributed by atoms with Gasteiger partial charge in [-0.1, -0.05) is 42.6 Å². The minimum Gasteiger partial charge on any atom is -0.485 e. The van der Waals surface area contributed by atoms with Crippen LogP contribution in [0.15, 0.2) is 23.4 Å². The number of carbonyl (C=O) groups excluding carboxylic acids is 1. The molecule has 1 aromatic heterocycles. The van der Waals surface area contributed by atoms with E-state index in [2.05, 4.69) is 14.8 Å². The second-order valence-corrected chi connectivity index (χ2v) is 8.67. The first kappa shape index (κ1) is 20.0. The molecule has 1 aromatic carbocycles. The third kappa shape index (κ3) is 4.96. The number of carbonyl (C=O) groups is 1. The first-order valence-electron chi connectivity index (χ1n) is 9.24. The van der Waals surface area contributed by atoms with Crippen LogP contribution in [0.2, 0.25) is 5.02 Å². The van der Waals surface area contributed by atoms with Gasteiger partial charge < -0.3 is 10.5 Å². The van der Waals surface area contributed by atoms with E-state index in [-0.39, 0.29) is 11.2 Å². The van der Waals surface area contributed by atoms with Gasteiger partial charge in [0.15, 0.2) is 11.0 Å². The molecule has 146 valence electrons. The fourth-order valence-electron chi connectivity index (χ4n) is 3.33. The summed E-state index contributed by atoms with van der Waals surface area (Å²) in [4.78, 5) is 11.5. The molecular formula is C19H25ClN4O2S. The Morgan fingerprint density at radius 1 is 1.37 bits per heavy atom. The second-order valence-electron chi connectivity index (χ2n) is 6.92. The van der Waals surface area contributed by atoms with Crippen LogP contribution in [0, 0.1) is 6.92 Å². The summed E-state index contributed by atoms with van der Waals surface area (Å²) in [5.41, 5.74) is 6.41. The van der Waals surface area contributed by atoms with Crippen molar-refractivity contribution in [2.24, 2.45) is 5.73 Å². The van der Waals surface area contributed by atoms with Crippen LogP contribution in [0.4, 0.5) is 0 Å². The molecular weight excluding hydrogens is 384 g/mol. The number of thioether (sulfide) groups is 1. The summed E-state index contributed by atoms with van der Waals surface area (Å²) in [6.07, 6.45) is 5.81. The van der Waals surface area contributed by atoms with E-state index in [9.17, 15) is 4.79 Å². The van der Waals surface area contributed by atoms with Crippen LogP contribution in [0.25, 0.3) is 0 Å². The first-order chi connectivity index (χ1) is 13.0. The van der Waals surface area contributed by atoms with Gasteiger partial charge in [-0.05, 0) is 50.5 Å². The number of benzene rings is 1. The lowest BCUT2D eigenvalue weighted by Gasteiger charge is -2.26. The molecule has 8 heteroatoms. The fourth-order valence-corrected chi connectivity index (χ4v) is 4.44. The van der Waals surface area contributed by atoms with E-state index in [0.29, 0.717) is 17.7 Å². The molecule has 3 rings (SSSR count). The maximum Gasteiger partial charge on any atom is 0.230 e. The zero-order valence-corrected chi connectivity index (χ0v) is 17.2. The molecule has 2 aromatic rings. The number of rotatable bonds is 7. The van der Waals surface area contributed by atoms with Crippen LogP contribution >= 0.6 is 23.4 Å². The quantitative estimate of drug-likeness (QED) is 0.691. The Morgan fingerprint density at radius 3 is 2.78 bits per heavy atom. The monoisotopic (exact) mass is 408 g/mol. The van der Waals surface area contributed by atoms with Gasteiger partial charge in [-0.25, -0.2) is 0 Å². The number of hydrogen-bond acceptors (Lipinski definition) is 5. The SMILES string of the molecule is Cc1cc(Cl)ccc1OCc1nnc(S[C@H](C)C(N)=O)n1C1CCCCC1. The highest BCUT2D eigenvalue weighted by molar-refractivity contribution is 8.00. The molecule has 1 heterocycles. The molecule has 1 aliphatic carbocycles. The van der Waals surface area contributed by atoms with Crippen molar-refractivity contribution in [1.29, 1.82) is 0 Å². The third-order valence-corrected chi connectivity index (χ3v) is 6.16. The normalized spacial score (nSPS) is 16.3. The standard InChI is InChI=1S/C19H25ClN4O2S/c1-12-10-14(20)8-9-16(12)26-11-17-22-23-19(27-13(2)18(21)25)24(17)15-6-4-3-5-7-15/h8-10,13,15H,3-7,11H2,1-2H3,(H2,21,25)/t13-/m1/s1. The highest BCUT2D eigenvalue weighted by atomic mass is 35.5. The van der Waals surface area contributed by atoms with Gasteiger partial charge in [0.2, 0.25) is 5.91 Å². The molecule has 27 heavy (non-hydrogen) atoms. The van der Waals surface area contributed by atoms with Gasteiger partial charge in [-0.3, -0.25) is 9.36 Å². The maximum absolute atomic E-state index is 11.5. The topological polar surface area (TPSA) is 83.0 Å². The summed E-state index contributed by atoms with van der Waals surface area (Å²) in [6.45, 7) is 4.07. The van der Waals surface area contributed by atoms with Gasteiger partial charge in [0.1, 0.15) is 12.4 Å². The zero-order chi connectivity index (χ0) is 19.4. The minimum absolute atomic E-state index is 0.317. The molecule has 0 unspecified atom stereocenters. The van der Waals surface area contributed by atoms with Crippen molar-refractivity contribution in [3.05, 3.63) is 34.6 Å². The first-order valence-corrected chi connectivity index (χ1v) is 10.5. The van der Waals surface area contributed by atoms with E-state index in [1.54, 1.807) is 6.92 Å². The molecule has 1 atom stereocenters. The maximum atomic E-state index is 11.5. The van der Waals surface area contributed by atoms with Crippen LogP contribution in [-0.2, 0) is 11.4 Å². The summed E-state index contributed by atoms with van der Waals surface area (Å²) in [5, 5.41) is 9.75. The molecule has 0 aliphatic heterocycles. The zero-order valence-electron chi connectivity index (χ0n) is 15.7. The van der Waals surface area contributed by atoms with E-state index in [4.69, 9.17) is 22.1 Å². The van der Waals surface area contributed by atoms with Gasteiger partial charge in [0, 0.05) is 11.1 Å². The van der Waals surface area contributed by atoms with Crippen molar-refractivity contribution in [3.63, 3.8) is 0 Å². The minimum atomic E-state index is -0.358. The number of nitrogens with two attached hydrogens (primary N) is 1. The predicted molar refractivity (Wildman–Crippen MR) is 107 cm³/mol. The van der Waals surface area contributed by atoms with E-state index in [0.717, 1.165) is 35.1 Å². The average molecular weight is 409 g/mol. The van der Waals surface area contributed by atoms with Crippen LogP contribution in [0.1, 0.15) is 56.5 Å². The molecule has 0 radical (unpaired) electrons. The van der Waals surface area contributed by atoms with Crippen LogP contribution in [0.3, 0.4) is 0 Å². The van der Waals surface area contributed by atoms with Gasteiger partial charge in [0.25, 0.3) is 0 Å². The van der Waals surface area contributed by atoms with E-state index < -0.39 is 0 Å². The number of halogens is 1. The smallest absolute Gasteiger partial charge is 0.230 e. The van der Waals surface area contributed by atoms with Crippen molar-refractivity contribution in [3.8, 4) is 5.75 Å². The lowest BCUT2D eigenvalue weighted by molar-refractivity contribution is -0.117. The molecule has 2 N–H and O–H groups in total. The second kappa shape index (κ2) is 8.97. The summed E-state index contributed by atoms with van der Waals surface area (Å²) in [5.74, 6) is 1.19. The molecule has 1 saturated carbocycles. The third-order valence-electron chi connectivity index (χ3n) is 4.85. The number of amides is 1. The van der Waals surface area contributed by atoms with E-state index >= 15 is 0 Å². The number of nitrogens with zero attached hydrogens (tertiary/aromatic N) is 3. The van der Waals surface area contributed by atoms with Crippen LogP contribution < -0.4 is 10.5 Å². The molecule has 0 saturated heterocycles. The molecule has 1 fully saturated rings. The summed E-state index contributed by atoms with van der Waals surface area (Å²) < 4.78 is 8.14. The largest absolute Gasteiger partial charge is 0.485 e. The average Bonchev–Trinajstić information content (AvgIpc) is 3.04. The Morgan fingerprint density at radius 2 is 2.11 bits per heavy atom. The Balaban J connectivity index is 1.82. The molecule has 1 aliphatic rings. The molecule has 1 amide bonds. The molecule has 0 bridgehead atoms. The number of aryl methyl sites for hydroxylation is 1. The van der Waals surface area contributed by atoms with Crippen molar-refractivity contribution in [1.82, 2.24) is 14.8 Å². The molecule has 0 spiro atoms. The predicted octanol–water partition coefficient (Wildman–Crippen LogP) is 4.29. The highest BCUT2D eigenvalue weighted by Crippen LogP contribution is 2.34. The molecule has 6 nitrogen and oxygen atoms in total. The van der Waals surface area contributed by atoms with Crippen molar-refractivity contribution in [2.45, 2.75) is 69.0 Å². The number of ether oxygens (including phenoxy) is 1. The number of hydrogen-bond donors (Lipinski definition) is 1. The Bertz CT molecular complexity index is 805. The van der Waals surface area contributed by atoms with Crippen molar-refractivity contribution >= 4 is 29.3 Å². The summed E-state index contributed by atoms with van der Waals surface area (Å²) >= 11 is 7.38. The van der Waals surface area contributed by atoms with Gasteiger partial charge in [-0.15, -0.1) is 10.2 Å². The van der Waals surface area contributed by atoms with Gasteiger partial charge in [-0.2, -0.15) is 0 Å². The van der Waals surface area contributed by atoms with Crippen molar-refractivity contribution < 1.29 is 9.53 Å². The van der Waals surface area contributed by atoms with Gasteiger partial charge in [0.05, 0.1) is 5.25 Å². The van der Waals surface area contributed by atoms with Crippen LogP contribution in [-0.4, -0.2) is 25.9 Å².